The lowest BCUT2D eigenvalue weighted by Crippen LogP contribution is -2.24. The Balaban J connectivity index is 2.74. The van der Waals surface area contributed by atoms with Crippen LogP contribution < -0.4 is 5.32 Å². The van der Waals surface area contributed by atoms with Gasteiger partial charge in [-0.05, 0) is 18.2 Å². The van der Waals surface area contributed by atoms with Crippen LogP contribution in [-0.2, 0) is 15.7 Å². The van der Waals surface area contributed by atoms with Crippen molar-refractivity contribution >= 4 is 5.69 Å². The summed E-state index contributed by atoms with van der Waals surface area (Å²) < 4.78 is 60.0. The van der Waals surface area contributed by atoms with Crippen LogP contribution in [0, 0.1) is 5.82 Å². The minimum absolute atomic E-state index is 0.0397. The number of benzene rings is 1. The Morgan fingerprint density at radius 1 is 1.22 bits per heavy atom. The standard InChI is InChI=1S/C11H13F4NO2/c1-17-10(18-2)6-16-9-4-3-7(5-8(9)12)11(13,14)15/h3-5,10,16H,6H2,1-2H3. The predicted molar refractivity (Wildman–Crippen MR) is 57.7 cm³/mol. The Morgan fingerprint density at radius 3 is 2.28 bits per heavy atom. The van der Waals surface area contributed by atoms with E-state index >= 15 is 0 Å². The molecular formula is C11H13F4NO2. The molecule has 0 aliphatic rings. The smallest absolute Gasteiger partial charge is 0.378 e. The number of ether oxygens (including phenoxy) is 2. The molecule has 1 aromatic rings. The molecule has 3 nitrogen and oxygen atoms in total. The first-order valence-electron chi connectivity index (χ1n) is 5.04. The quantitative estimate of drug-likeness (QED) is 0.657. The fraction of sp³-hybridized carbons (Fsp3) is 0.455. The minimum Gasteiger partial charge on any atom is -0.378 e. The van der Waals surface area contributed by atoms with E-state index in [1.165, 1.54) is 14.2 Å². The number of halogens is 4. The first-order chi connectivity index (χ1) is 8.38. The summed E-state index contributed by atoms with van der Waals surface area (Å²) in [5.74, 6) is -0.976. The first-order valence-corrected chi connectivity index (χ1v) is 5.04. The van der Waals surface area contributed by atoms with Crippen molar-refractivity contribution in [3.05, 3.63) is 29.6 Å². The second kappa shape index (κ2) is 6.01. The molecule has 0 aliphatic carbocycles. The van der Waals surface area contributed by atoms with Gasteiger partial charge in [0, 0.05) is 14.2 Å². The largest absolute Gasteiger partial charge is 0.416 e. The van der Waals surface area contributed by atoms with Gasteiger partial charge in [-0.3, -0.25) is 0 Å². The summed E-state index contributed by atoms with van der Waals surface area (Å²) in [5.41, 5.74) is -1.07. The van der Waals surface area contributed by atoms with E-state index in [2.05, 4.69) is 5.32 Å². The van der Waals surface area contributed by atoms with Crippen LogP contribution in [-0.4, -0.2) is 27.1 Å². The molecule has 0 radical (unpaired) electrons. The van der Waals surface area contributed by atoms with Crippen LogP contribution in [0.4, 0.5) is 23.2 Å². The van der Waals surface area contributed by atoms with Gasteiger partial charge in [-0.2, -0.15) is 13.2 Å². The van der Waals surface area contributed by atoms with E-state index in [-0.39, 0.29) is 12.2 Å². The number of nitrogens with one attached hydrogen (secondary N) is 1. The monoisotopic (exact) mass is 267 g/mol. The molecule has 102 valence electrons. The van der Waals surface area contributed by atoms with Crippen LogP contribution in [0.3, 0.4) is 0 Å². The second-order valence-corrected chi connectivity index (χ2v) is 3.47. The summed E-state index contributed by atoms with van der Waals surface area (Å²) >= 11 is 0. The topological polar surface area (TPSA) is 30.5 Å². The van der Waals surface area contributed by atoms with Crippen LogP contribution in [0.15, 0.2) is 18.2 Å². The average molecular weight is 267 g/mol. The van der Waals surface area contributed by atoms with Crippen molar-refractivity contribution in [1.29, 1.82) is 0 Å². The third kappa shape index (κ3) is 3.85. The lowest BCUT2D eigenvalue weighted by Gasteiger charge is -2.16. The first kappa shape index (κ1) is 14.7. The van der Waals surface area contributed by atoms with E-state index in [9.17, 15) is 17.6 Å². The number of alkyl halides is 3. The molecule has 1 aromatic carbocycles. The molecule has 0 atom stereocenters. The number of methoxy groups -OCH3 is 2. The maximum absolute atomic E-state index is 13.4. The molecule has 0 aromatic heterocycles. The van der Waals surface area contributed by atoms with Gasteiger partial charge in [0.2, 0.25) is 0 Å². The Hall–Kier alpha value is -1.34. The zero-order valence-corrected chi connectivity index (χ0v) is 9.84. The van der Waals surface area contributed by atoms with Gasteiger partial charge in [0.15, 0.2) is 6.29 Å². The van der Waals surface area contributed by atoms with Crippen LogP contribution in [0.1, 0.15) is 5.56 Å². The molecule has 18 heavy (non-hydrogen) atoms. The lowest BCUT2D eigenvalue weighted by molar-refractivity contribution is -0.137. The maximum atomic E-state index is 13.4. The van der Waals surface area contributed by atoms with Crippen LogP contribution in [0.5, 0.6) is 0 Å². The van der Waals surface area contributed by atoms with Crippen LogP contribution in [0.25, 0.3) is 0 Å². The normalized spacial score (nSPS) is 11.9. The number of rotatable bonds is 5. The molecule has 0 fully saturated rings. The number of anilines is 1. The van der Waals surface area contributed by atoms with Gasteiger partial charge in [-0.25, -0.2) is 4.39 Å². The van der Waals surface area contributed by atoms with E-state index in [1.807, 2.05) is 0 Å². The summed E-state index contributed by atoms with van der Waals surface area (Å²) in [5, 5.41) is 2.60. The van der Waals surface area contributed by atoms with Crippen molar-refractivity contribution in [3.8, 4) is 0 Å². The third-order valence-electron chi connectivity index (χ3n) is 2.28. The summed E-state index contributed by atoms with van der Waals surface area (Å²) in [6, 6.07) is 2.28. The molecule has 0 spiro atoms. The van der Waals surface area contributed by atoms with Crippen molar-refractivity contribution in [2.45, 2.75) is 12.5 Å². The molecule has 0 unspecified atom stereocenters. The van der Waals surface area contributed by atoms with Crippen molar-refractivity contribution in [3.63, 3.8) is 0 Å². The Bertz CT molecular complexity index is 391. The fourth-order valence-corrected chi connectivity index (χ4v) is 1.29. The van der Waals surface area contributed by atoms with Gasteiger partial charge in [0.1, 0.15) is 5.82 Å². The summed E-state index contributed by atoms with van der Waals surface area (Å²) in [6.07, 6.45) is -5.16. The Labute approximate surface area is 102 Å². The molecular weight excluding hydrogens is 254 g/mol. The number of hydrogen-bond acceptors (Lipinski definition) is 3. The molecule has 1 rings (SSSR count). The van der Waals surface area contributed by atoms with Gasteiger partial charge in [-0.15, -0.1) is 0 Å². The summed E-state index contributed by atoms with van der Waals surface area (Å²) in [4.78, 5) is 0. The molecule has 0 saturated carbocycles. The zero-order chi connectivity index (χ0) is 13.8. The molecule has 0 aliphatic heterocycles. The Morgan fingerprint density at radius 2 is 1.83 bits per heavy atom. The molecule has 0 saturated heterocycles. The second-order valence-electron chi connectivity index (χ2n) is 3.47. The highest BCUT2D eigenvalue weighted by molar-refractivity contribution is 5.46. The SMILES string of the molecule is COC(CNc1ccc(C(F)(F)F)cc1F)OC. The van der Waals surface area contributed by atoms with Crippen LogP contribution in [0.2, 0.25) is 0 Å². The molecule has 0 heterocycles. The van der Waals surface area contributed by atoms with Gasteiger partial charge in [0.25, 0.3) is 0 Å². The highest BCUT2D eigenvalue weighted by Crippen LogP contribution is 2.31. The average Bonchev–Trinajstić information content (AvgIpc) is 2.30. The van der Waals surface area contributed by atoms with Crippen molar-refractivity contribution in [2.75, 3.05) is 26.1 Å². The maximum Gasteiger partial charge on any atom is 0.416 e. The van der Waals surface area contributed by atoms with E-state index in [0.29, 0.717) is 6.07 Å². The van der Waals surface area contributed by atoms with Crippen molar-refractivity contribution in [1.82, 2.24) is 0 Å². The van der Waals surface area contributed by atoms with E-state index in [1.54, 1.807) is 0 Å². The van der Waals surface area contributed by atoms with Crippen molar-refractivity contribution < 1.29 is 27.0 Å². The molecule has 0 bridgehead atoms. The Kier molecular flexibility index (Phi) is 4.92. The molecule has 7 heteroatoms. The number of hydrogen-bond donors (Lipinski definition) is 1. The molecule has 1 N–H and O–H groups in total. The minimum atomic E-state index is -4.55. The summed E-state index contributed by atoms with van der Waals surface area (Å²) in [6.45, 7) is 0.120. The van der Waals surface area contributed by atoms with Gasteiger partial charge < -0.3 is 14.8 Å². The van der Waals surface area contributed by atoms with Gasteiger partial charge in [-0.1, -0.05) is 0 Å². The van der Waals surface area contributed by atoms with Gasteiger partial charge >= 0.3 is 6.18 Å². The molecule has 0 amide bonds. The van der Waals surface area contributed by atoms with E-state index in [4.69, 9.17) is 9.47 Å². The zero-order valence-electron chi connectivity index (χ0n) is 9.84. The third-order valence-corrected chi connectivity index (χ3v) is 2.28. The summed E-state index contributed by atoms with van der Waals surface area (Å²) in [7, 11) is 2.80. The predicted octanol–water partition coefficient (Wildman–Crippen LogP) is 2.88. The van der Waals surface area contributed by atoms with E-state index < -0.39 is 23.8 Å². The van der Waals surface area contributed by atoms with Crippen molar-refractivity contribution in [2.24, 2.45) is 0 Å². The highest BCUT2D eigenvalue weighted by Gasteiger charge is 2.31. The van der Waals surface area contributed by atoms with Crippen LogP contribution >= 0.6 is 0 Å². The highest BCUT2D eigenvalue weighted by atomic mass is 19.4. The van der Waals surface area contributed by atoms with E-state index in [0.717, 1.165) is 12.1 Å². The fourth-order valence-electron chi connectivity index (χ4n) is 1.29. The van der Waals surface area contributed by atoms with Gasteiger partial charge in [0.05, 0.1) is 17.8 Å². The lowest BCUT2D eigenvalue weighted by atomic mass is 10.2.